The molecule has 0 unspecified atom stereocenters. The summed E-state index contributed by atoms with van der Waals surface area (Å²) in [5.74, 6) is 0. The second-order valence-electron chi connectivity index (χ2n) is 4.33. The number of hydrogen-bond donors (Lipinski definition) is 1. The number of rotatable bonds is 0. The van der Waals surface area contributed by atoms with E-state index in [1.807, 2.05) is 0 Å². The molecule has 1 heterocycles. The first-order valence-electron chi connectivity index (χ1n) is 4.59. The van der Waals surface area contributed by atoms with Crippen molar-refractivity contribution in [2.45, 2.75) is 32.4 Å². The van der Waals surface area contributed by atoms with Gasteiger partial charge in [0.05, 0.1) is 0 Å². The standard InChI is InChI=1S/C11H14BrN.ClH/c1-11(2)6-9-5-10(12)4-3-8(9)7-13-11;/h3-5,13H,6-7H2,1-2H3;1H. The van der Waals surface area contributed by atoms with Crippen LogP contribution in [0.3, 0.4) is 0 Å². The molecule has 1 aromatic rings. The molecule has 1 N–H and O–H groups in total. The van der Waals surface area contributed by atoms with Gasteiger partial charge in [-0.05, 0) is 43.5 Å². The third-order valence-corrected chi connectivity index (χ3v) is 3.05. The van der Waals surface area contributed by atoms with Gasteiger partial charge in [-0.1, -0.05) is 22.0 Å². The highest BCUT2D eigenvalue weighted by molar-refractivity contribution is 9.10. The maximum absolute atomic E-state index is 3.52. The van der Waals surface area contributed by atoms with Crippen LogP contribution in [-0.2, 0) is 13.0 Å². The number of benzene rings is 1. The Morgan fingerprint density at radius 2 is 2.00 bits per heavy atom. The summed E-state index contributed by atoms with van der Waals surface area (Å²) in [6.45, 7) is 5.49. The maximum Gasteiger partial charge on any atom is 0.0213 e. The summed E-state index contributed by atoms with van der Waals surface area (Å²) in [6.07, 6.45) is 1.11. The van der Waals surface area contributed by atoms with Crippen LogP contribution in [0.15, 0.2) is 22.7 Å². The van der Waals surface area contributed by atoms with Crippen molar-refractivity contribution in [1.82, 2.24) is 5.32 Å². The Labute approximate surface area is 99.8 Å². The van der Waals surface area contributed by atoms with E-state index in [0.29, 0.717) is 0 Å². The van der Waals surface area contributed by atoms with E-state index >= 15 is 0 Å². The van der Waals surface area contributed by atoms with Crippen molar-refractivity contribution in [2.24, 2.45) is 0 Å². The molecule has 0 saturated heterocycles. The first-order valence-corrected chi connectivity index (χ1v) is 5.38. The normalized spacial score (nSPS) is 18.2. The third kappa shape index (κ3) is 2.50. The quantitative estimate of drug-likeness (QED) is 0.767. The summed E-state index contributed by atoms with van der Waals surface area (Å²) in [6, 6.07) is 6.54. The Balaban J connectivity index is 0.000000980. The summed E-state index contributed by atoms with van der Waals surface area (Å²) < 4.78 is 1.18. The minimum atomic E-state index is 0. The van der Waals surface area contributed by atoms with E-state index in [0.717, 1.165) is 13.0 Å². The van der Waals surface area contributed by atoms with Gasteiger partial charge < -0.3 is 5.32 Å². The number of fused-ring (bicyclic) bond motifs is 1. The summed E-state index contributed by atoms with van der Waals surface area (Å²) in [4.78, 5) is 0. The van der Waals surface area contributed by atoms with Crippen molar-refractivity contribution in [3.63, 3.8) is 0 Å². The number of hydrogen-bond acceptors (Lipinski definition) is 1. The smallest absolute Gasteiger partial charge is 0.0213 e. The molecule has 1 nitrogen and oxygen atoms in total. The highest BCUT2D eigenvalue weighted by Crippen LogP contribution is 2.25. The van der Waals surface area contributed by atoms with Gasteiger partial charge in [0.2, 0.25) is 0 Å². The van der Waals surface area contributed by atoms with Crippen LogP contribution < -0.4 is 5.32 Å². The zero-order valence-corrected chi connectivity index (χ0v) is 10.8. The molecule has 2 rings (SSSR count). The molecule has 0 atom stereocenters. The van der Waals surface area contributed by atoms with E-state index in [1.54, 1.807) is 0 Å². The molecule has 0 fully saturated rings. The molecular weight excluding hydrogens is 261 g/mol. The van der Waals surface area contributed by atoms with E-state index < -0.39 is 0 Å². The summed E-state index contributed by atoms with van der Waals surface area (Å²) in [7, 11) is 0. The van der Waals surface area contributed by atoms with E-state index in [2.05, 4.69) is 53.3 Å². The van der Waals surface area contributed by atoms with Crippen LogP contribution in [0.25, 0.3) is 0 Å². The van der Waals surface area contributed by atoms with Gasteiger partial charge in [0.1, 0.15) is 0 Å². The molecule has 0 aliphatic carbocycles. The predicted molar refractivity (Wildman–Crippen MR) is 66.0 cm³/mol. The van der Waals surface area contributed by atoms with Crippen molar-refractivity contribution in [2.75, 3.05) is 0 Å². The lowest BCUT2D eigenvalue weighted by molar-refractivity contribution is 0.362. The monoisotopic (exact) mass is 275 g/mol. The Morgan fingerprint density at radius 3 is 2.71 bits per heavy atom. The lowest BCUT2D eigenvalue weighted by Crippen LogP contribution is -2.44. The van der Waals surface area contributed by atoms with Crippen molar-refractivity contribution in [3.05, 3.63) is 33.8 Å². The molecule has 1 aliphatic rings. The lowest BCUT2D eigenvalue weighted by atomic mass is 9.88. The largest absolute Gasteiger partial charge is 0.307 e. The zero-order chi connectivity index (χ0) is 9.47. The second-order valence-corrected chi connectivity index (χ2v) is 5.24. The minimum Gasteiger partial charge on any atom is -0.307 e. The Bertz CT molecular complexity index is 336. The SMILES string of the molecule is CC1(C)Cc2cc(Br)ccc2CN1.Cl. The van der Waals surface area contributed by atoms with Crippen LogP contribution in [0.1, 0.15) is 25.0 Å². The molecule has 0 aromatic heterocycles. The van der Waals surface area contributed by atoms with Crippen LogP contribution in [0, 0.1) is 0 Å². The molecule has 78 valence electrons. The van der Waals surface area contributed by atoms with Crippen LogP contribution >= 0.6 is 28.3 Å². The molecule has 0 spiro atoms. The lowest BCUT2D eigenvalue weighted by Gasteiger charge is -2.32. The van der Waals surface area contributed by atoms with Gasteiger partial charge in [-0.25, -0.2) is 0 Å². The molecule has 0 bridgehead atoms. The van der Waals surface area contributed by atoms with E-state index in [1.165, 1.54) is 15.6 Å². The summed E-state index contributed by atoms with van der Waals surface area (Å²) in [5.41, 5.74) is 3.15. The molecule has 0 amide bonds. The fourth-order valence-electron chi connectivity index (χ4n) is 1.80. The van der Waals surface area contributed by atoms with Crippen LogP contribution in [-0.4, -0.2) is 5.54 Å². The van der Waals surface area contributed by atoms with Crippen molar-refractivity contribution >= 4 is 28.3 Å². The molecule has 14 heavy (non-hydrogen) atoms. The molecule has 3 heteroatoms. The van der Waals surface area contributed by atoms with Crippen LogP contribution in [0.4, 0.5) is 0 Å². The number of halogens is 2. The van der Waals surface area contributed by atoms with E-state index in [9.17, 15) is 0 Å². The van der Waals surface area contributed by atoms with Gasteiger partial charge in [-0.2, -0.15) is 0 Å². The fraction of sp³-hybridized carbons (Fsp3) is 0.455. The average Bonchev–Trinajstić information content (AvgIpc) is 2.01. The van der Waals surface area contributed by atoms with Crippen molar-refractivity contribution in [1.29, 1.82) is 0 Å². The van der Waals surface area contributed by atoms with Gasteiger partial charge in [0, 0.05) is 16.6 Å². The van der Waals surface area contributed by atoms with E-state index in [4.69, 9.17) is 0 Å². The van der Waals surface area contributed by atoms with Crippen molar-refractivity contribution in [3.8, 4) is 0 Å². The minimum absolute atomic E-state index is 0. The second kappa shape index (κ2) is 4.21. The highest BCUT2D eigenvalue weighted by atomic mass is 79.9. The van der Waals surface area contributed by atoms with Gasteiger partial charge in [-0.3, -0.25) is 0 Å². The zero-order valence-electron chi connectivity index (χ0n) is 8.43. The first kappa shape index (κ1) is 12.0. The van der Waals surface area contributed by atoms with Crippen molar-refractivity contribution < 1.29 is 0 Å². The Kier molecular flexibility index (Phi) is 3.62. The van der Waals surface area contributed by atoms with Gasteiger partial charge in [0.15, 0.2) is 0 Å². The Hall–Kier alpha value is -0.0500. The summed E-state index contributed by atoms with van der Waals surface area (Å²) >= 11 is 3.51. The molecule has 0 radical (unpaired) electrons. The third-order valence-electron chi connectivity index (χ3n) is 2.56. The first-order chi connectivity index (χ1) is 6.07. The Morgan fingerprint density at radius 1 is 1.29 bits per heavy atom. The van der Waals surface area contributed by atoms with Gasteiger partial charge >= 0.3 is 0 Å². The number of nitrogens with one attached hydrogen (secondary N) is 1. The summed E-state index contributed by atoms with van der Waals surface area (Å²) in [5, 5.41) is 3.52. The molecule has 0 saturated carbocycles. The van der Waals surface area contributed by atoms with Gasteiger partial charge in [-0.15, -0.1) is 12.4 Å². The average molecular weight is 277 g/mol. The topological polar surface area (TPSA) is 12.0 Å². The predicted octanol–water partition coefficient (Wildman–Crippen LogP) is 3.30. The molecule has 1 aromatic carbocycles. The fourth-order valence-corrected chi connectivity index (χ4v) is 2.21. The van der Waals surface area contributed by atoms with Gasteiger partial charge in [0.25, 0.3) is 0 Å². The van der Waals surface area contributed by atoms with E-state index in [-0.39, 0.29) is 17.9 Å². The highest BCUT2D eigenvalue weighted by Gasteiger charge is 2.23. The molecular formula is C11H15BrClN. The van der Waals surface area contributed by atoms with Crippen LogP contribution in [0.2, 0.25) is 0 Å². The van der Waals surface area contributed by atoms with Crippen LogP contribution in [0.5, 0.6) is 0 Å². The maximum atomic E-state index is 3.52. The molecule has 1 aliphatic heterocycles.